The van der Waals surface area contributed by atoms with Crippen LogP contribution in [-0.4, -0.2) is 23.0 Å². The van der Waals surface area contributed by atoms with Gasteiger partial charge in [-0.2, -0.15) is 0 Å². The van der Waals surface area contributed by atoms with Crippen molar-refractivity contribution in [1.29, 1.82) is 0 Å². The Morgan fingerprint density at radius 2 is 2.18 bits per heavy atom. The van der Waals surface area contributed by atoms with Crippen LogP contribution in [-0.2, 0) is 4.79 Å². The summed E-state index contributed by atoms with van der Waals surface area (Å²) < 4.78 is 13.4. The van der Waals surface area contributed by atoms with Crippen LogP contribution in [0.5, 0.6) is 0 Å². The molecule has 0 aromatic heterocycles. The monoisotopic (exact) mass is 303 g/mol. The molecular weight excluding hydrogens is 293 g/mol. The lowest BCUT2D eigenvalue weighted by atomic mass is 10.1. The number of nitrogens with one attached hydrogen (secondary N) is 1. The number of amides is 1. The Bertz CT molecular complexity index is 450. The summed E-state index contributed by atoms with van der Waals surface area (Å²) >= 11 is 2.97. The second-order valence-corrected chi connectivity index (χ2v) is 4.26. The second-order valence-electron chi connectivity index (χ2n) is 3.40. The van der Waals surface area contributed by atoms with Gasteiger partial charge in [0.25, 0.3) is 5.91 Å². The Balaban J connectivity index is 2.82. The highest BCUT2D eigenvalue weighted by molar-refractivity contribution is 9.10. The summed E-state index contributed by atoms with van der Waals surface area (Å²) in [7, 11) is 0. The zero-order valence-electron chi connectivity index (χ0n) is 9.04. The third kappa shape index (κ3) is 3.52. The molecule has 0 saturated carbocycles. The zero-order chi connectivity index (χ0) is 13.0. The maximum Gasteiger partial charge on any atom is 0.326 e. The van der Waals surface area contributed by atoms with Crippen LogP contribution in [0.3, 0.4) is 0 Å². The molecule has 17 heavy (non-hydrogen) atoms. The van der Waals surface area contributed by atoms with Gasteiger partial charge in [-0.3, -0.25) is 4.79 Å². The fourth-order valence-electron chi connectivity index (χ4n) is 1.22. The molecular formula is C11H11BrFNO3. The first-order valence-electron chi connectivity index (χ1n) is 4.94. The Labute approximate surface area is 106 Å². The number of carboxylic acid groups (broad SMARTS) is 1. The minimum atomic E-state index is -1.11. The largest absolute Gasteiger partial charge is 0.480 e. The molecule has 0 aliphatic rings. The third-order valence-electron chi connectivity index (χ3n) is 2.19. The molecule has 4 nitrogen and oxygen atoms in total. The maximum absolute atomic E-state index is 13.2. The molecule has 0 aliphatic carbocycles. The van der Waals surface area contributed by atoms with Gasteiger partial charge in [0.15, 0.2) is 0 Å². The smallest absolute Gasteiger partial charge is 0.326 e. The van der Waals surface area contributed by atoms with Crippen LogP contribution in [0.2, 0.25) is 0 Å². The molecule has 0 radical (unpaired) electrons. The van der Waals surface area contributed by atoms with E-state index in [0.29, 0.717) is 0 Å². The van der Waals surface area contributed by atoms with Crippen LogP contribution >= 0.6 is 15.9 Å². The number of halogens is 2. The SMILES string of the molecule is CC[C@@H](NC(=O)c1ccc(Br)c(F)c1)C(=O)O. The third-order valence-corrected chi connectivity index (χ3v) is 2.84. The van der Waals surface area contributed by atoms with Gasteiger partial charge in [-0.05, 0) is 40.5 Å². The molecule has 1 aromatic carbocycles. The van der Waals surface area contributed by atoms with Crippen molar-refractivity contribution in [2.45, 2.75) is 19.4 Å². The van der Waals surface area contributed by atoms with Crippen molar-refractivity contribution in [2.75, 3.05) is 0 Å². The fourth-order valence-corrected chi connectivity index (χ4v) is 1.46. The highest BCUT2D eigenvalue weighted by Gasteiger charge is 2.18. The van der Waals surface area contributed by atoms with E-state index < -0.39 is 23.7 Å². The topological polar surface area (TPSA) is 66.4 Å². The second kappa shape index (κ2) is 5.77. The van der Waals surface area contributed by atoms with E-state index >= 15 is 0 Å². The van der Waals surface area contributed by atoms with Gasteiger partial charge < -0.3 is 10.4 Å². The summed E-state index contributed by atoms with van der Waals surface area (Å²) in [6, 6.07) is 2.89. The van der Waals surface area contributed by atoms with Crippen molar-refractivity contribution in [3.05, 3.63) is 34.1 Å². The Morgan fingerprint density at radius 3 is 2.65 bits per heavy atom. The normalized spacial score (nSPS) is 11.9. The molecule has 0 bridgehead atoms. The standard InChI is InChI=1S/C11H11BrFNO3/c1-2-9(11(16)17)14-10(15)6-3-4-7(12)8(13)5-6/h3-5,9H,2H2,1H3,(H,14,15)(H,16,17)/t9-/m1/s1. The Hall–Kier alpha value is -1.43. The number of carbonyl (C=O) groups is 2. The number of hydrogen-bond donors (Lipinski definition) is 2. The van der Waals surface area contributed by atoms with Crippen LogP contribution in [0.1, 0.15) is 23.7 Å². The predicted molar refractivity (Wildman–Crippen MR) is 63.3 cm³/mol. The average molecular weight is 304 g/mol. The van der Waals surface area contributed by atoms with E-state index in [1.165, 1.54) is 12.1 Å². The molecule has 0 aliphatic heterocycles. The van der Waals surface area contributed by atoms with Crippen LogP contribution < -0.4 is 5.32 Å². The van der Waals surface area contributed by atoms with E-state index in [1.54, 1.807) is 6.92 Å². The number of aliphatic carboxylic acids is 1. The van der Waals surface area contributed by atoms with E-state index in [0.717, 1.165) is 6.07 Å². The summed E-state index contributed by atoms with van der Waals surface area (Å²) in [5.41, 5.74) is 0.0883. The molecule has 0 unspecified atom stereocenters. The van der Waals surface area contributed by atoms with E-state index in [9.17, 15) is 14.0 Å². The molecule has 1 aromatic rings. The van der Waals surface area contributed by atoms with Crippen molar-refractivity contribution >= 4 is 27.8 Å². The lowest BCUT2D eigenvalue weighted by Crippen LogP contribution is -2.40. The number of carboxylic acids is 1. The lowest BCUT2D eigenvalue weighted by Gasteiger charge is -2.12. The van der Waals surface area contributed by atoms with Gasteiger partial charge in [0, 0.05) is 5.56 Å². The van der Waals surface area contributed by atoms with E-state index in [2.05, 4.69) is 21.2 Å². The number of rotatable bonds is 4. The number of benzene rings is 1. The summed E-state index contributed by atoms with van der Waals surface area (Å²) in [5, 5.41) is 11.1. The molecule has 1 amide bonds. The zero-order valence-corrected chi connectivity index (χ0v) is 10.6. The van der Waals surface area contributed by atoms with Gasteiger partial charge in [0.1, 0.15) is 11.9 Å². The van der Waals surface area contributed by atoms with Gasteiger partial charge in [-0.25, -0.2) is 9.18 Å². The van der Waals surface area contributed by atoms with Gasteiger partial charge in [0.2, 0.25) is 0 Å². The van der Waals surface area contributed by atoms with E-state index in [4.69, 9.17) is 5.11 Å². The average Bonchev–Trinajstić information content (AvgIpc) is 2.28. The van der Waals surface area contributed by atoms with Crippen LogP contribution in [0.25, 0.3) is 0 Å². The van der Waals surface area contributed by atoms with Crippen molar-refractivity contribution in [1.82, 2.24) is 5.32 Å². The van der Waals surface area contributed by atoms with Crippen LogP contribution in [0, 0.1) is 5.82 Å². The van der Waals surface area contributed by atoms with Crippen molar-refractivity contribution < 1.29 is 19.1 Å². The summed E-state index contributed by atoms with van der Waals surface area (Å²) in [5.74, 6) is -2.29. The molecule has 92 valence electrons. The summed E-state index contributed by atoms with van der Waals surface area (Å²) in [6.45, 7) is 1.64. The van der Waals surface area contributed by atoms with Crippen molar-refractivity contribution in [2.24, 2.45) is 0 Å². The minimum Gasteiger partial charge on any atom is -0.480 e. The van der Waals surface area contributed by atoms with Gasteiger partial charge in [-0.1, -0.05) is 6.92 Å². The van der Waals surface area contributed by atoms with E-state index in [-0.39, 0.29) is 16.5 Å². The molecule has 1 atom stereocenters. The molecule has 0 saturated heterocycles. The quantitative estimate of drug-likeness (QED) is 0.896. The van der Waals surface area contributed by atoms with Crippen LogP contribution in [0.4, 0.5) is 4.39 Å². The van der Waals surface area contributed by atoms with Gasteiger partial charge >= 0.3 is 5.97 Å². The first-order valence-corrected chi connectivity index (χ1v) is 5.73. The predicted octanol–water partition coefficient (Wildman–Crippen LogP) is 2.18. The highest BCUT2D eigenvalue weighted by Crippen LogP contribution is 2.16. The van der Waals surface area contributed by atoms with Gasteiger partial charge in [0.05, 0.1) is 4.47 Å². The first kappa shape index (κ1) is 13.6. The first-order chi connectivity index (χ1) is 7.95. The molecule has 0 fully saturated rings. The molecule has 0 heterocycles. The van der Waals surface area contributed by atoms with Crippen molar-refractivity contribution in [3.8, 4) is 0 Å². The fraction of sp³-hybridized carbons (Fsp3) is 0.273. The number of hydrogen-bond acceptors (Lipinski definition) is 2. The lowest BCUT2D eigenvalue weighted by molar-refractivity contribution is -0.139. The summed E-state index contributed by atoms with van der Waals surface area (Å²) in [6.07, 6.45) is 0.264. The minimum absolute atomic E-state index is 0.0883. The van der Waals surface area contributed by atoms with E-state index in [1.807, 2.05) is 0 Å². The highest BCUT2D eigenvalue weighted by atomic mass is 79.9. The van der Waals surface area contributed by atoms with Gasteiger partial charge in [-0.15, -0.1) is 0 Å². The number of carbonyl (C=O) groups excluding carboxylic acids is 1. The summed E-state index contributed by atoms with van der Waals surface area (Å²) in [4.78, 5) is 22.3. The molecule has 0 spiro atoms. The molecule has 2 N–H and O–H groups in total. The maximum atomic E-state index is 13.2. The van der Waals surface area contributed by atoms with Crippen LogP contribution in [0.15, 0.2) is 22.7 Å². The Kier molecular flexibility index (Phi) is 4.62. The Morgan fingerprint density at radius 1 is 1.53 bits per heavy atom. The molecule has 6 heteroatoms. The van der Waals surface area contributed by atoms with Crippen molar-refractivity contribution in [3.63, 3.8) is 0 Å². The molecule has 1 rings (SSSR count).